The van der Waals surface area contributed by atoms with E-state index in [1.165, 1.54) is 30.3 Å². The molecule has 2 fully saturated rings. The molecule has 2 N–H and O–H groups in total. The van der Waals surface area contributed by atoms with Crippen LogP contribution in [-0.2, 0) is 11.3 Å². The summed E-state index contributed by atoms with van der Waals surface area (Å²) in [5.41, 5.74) is -0.488. The third-order valence-electron chi connectivity index (χ3n) is 6.03. The minimum atomic E-state index is -0.550. The summed E-state index contributed by atoms with van der Waals surface area (Å²) in [7, 11) is 0. The van der Waals surface area contributed by atoms with Crippen LogP contribution in [0, 0.1) is 17.8 Å². The Morgan fingerprint density at radius 2 is 2.08 bits per heavy atom. The Hall–Kier alpha value is -2.37. The van der Waals surface area contributed by atoms with Crippen LogP contribution in [0.3, 0.4) is 0 Å². The van der Waals surface area contributed by atoms with Crippen molar-refractivity contribution < 1.29 is 4.79 Å². The highest BCUT2D eigenvalue weighted by atomic mass is 16.2. The number of aromatic nitrogens is 2. The van der Waals surface area contributed by atoms with E-state index >= 15 is 0 Å². The number of carbonyl (C=O) groups is 1. The van der Waals surface area contributed by atoms with E-state index in [9.17, 15) is 14.4 Å². The maximum atomic E-state index is 12.5. The van der Waals surface area contributed by atoms with Crippen molar-refractivity contribution in [3.05, 3.63) is 45.1 Å². The number of para-hydroxylation sites is 1. The predicted molar refractivity (Wildman–Crippen MR) is 95.4 cm³/mol. The second kappa shape index (κ2) is 6.17. The van der Waals surface area contributed by atoms with Crippen molar-refractivity contribution in [1.82, 2.24) is 14.9 Å². The molecule has 0 saturated heterocycles. The van der Waals surface area contributed by atoms with Crippen LogP contribution in [-0.4, -0.2) is 21.5 Å². The van der Waals surface area contributed by atoms with Gasteiger partial charge in [-0.1, -0.05) is 18.6 Å². The van der Waals surface area contributed by atoms with E-state index in [2.05, 4.69) is 17.2 Å². The van der Waals surface area contributed by atoms with Crippen molar-refractivity contribution >= 4 is 16.8 Å². The lowest BCUT2D eigenvalue weighted by molar-refractivity contribution is -0.122. The van der Waals surface area contributed by atoms with Crippen LogP contribution in [0.4, 0.5) is 0 Å². The van der Waals surface area contributed by atoms with E-state index < -0.39 is 11.2 Å². The summed E-state index contributed by atoms with van der Waals surface area (Å²) in [5.74, 6) is 1.93. The minimum Gasteiger partial charge on any atom is -0.352 e. The molecule has 1 aromatic heterocycles. The summed E-state index contributed by atoms with van der Waals surface area (Å²) in [6.07, 6.45) is 5.11. The van der Waals surface area contributed by atoms with Gasteiger partial charge in [0.2, 0.25) is 5.91 Å². The number of hydrogen-bond donors (Lipinski definition) is 2. The van der Waals surface area contributed by atoms with Crippen molar-refractivity contribution in [2.24, 2.45) is 17.8 Å². The molecule has 1 amide bonds. The third kappa shape index (κ3) is 2.90. The van der Waals surface area contributed by atoms with Crippen LogP contribution < -0.4 is 16.6 Å². The molecule has 1 aromatic carbocycles. The van der Waals surface area contributed by atoms with Crippen molar-refractivity contribution in [2.75, 3.05) is 0 Å². The lowest BCUT2D eigenvalue weighted by Gasteiger charge is -2.28. The molecule has 25 heavy (non-hydrogen) atoms. The topological polar surface area (TPSA) is 84.0 Å². The van der Waals surface area contributed by atoms with Crippen LogP contribution in [0.1, 0.15) is 32.6 Å². The standard InChI is InChI=1S/C19H23N3O3/c1-11(15-9-12-6-7-13(15)8-12)20-17(23)10-22-16-5-3-2-4-14(16)18(24)21-19(22)25/h2-5,11-13,15H,6-10H2,1H3,(H,20,23)(H,21,24,25). The molecule has 2 saturated carbocycles. The summed E-state index contributed by atoms with van der Waals surface area (Å²) in [6.45, 7) is 1.98. The zero-order valence-corrected chi connectivity index (χ0v) is 14.3. The molecule has 4 unspecified atom stereocenters. The molecule has 132 valence electrons. The first-order valence-corrected chi connectivity index (χ1v) is 9.04. The van der Waals surface area contributed by atoms with Crippen LogP contribution in [0.5, 0.6) is 0 Å². The second-order valence-electron chi connectivity index (χ2n) is 7.56. The van der Waals surface area contributed by atoms with Gasteiger partial charge < -0.3 is 5.32 Å². The third-order valence-corrected chi connectivity index (χ3v) is 6.03. The van der Waals surface area contributed by atoms with Crippen LogP contribution in [0.2, 0.25) is 0 Å². The molecule has 2 aromatic rings. The SMILES string of the molecule is CC(NC(=O)Cn1c(=O)[nH]c(=O)c2ccccc21)C1CC2CCC1C2. The van der Waals surface area contributed by atoms with Gasteiger partial charge >= 0.3 is 5.69 Å². The molecule has 4 atom stereocenters. The lowest BCUT2D eigenvalue weighted by atomic mass is 9.84. The maximum absolute atomic E-state index is 12.5. The van der Waals surface area contributed by atoms with Gasteiger partial charge in [-0.15, -0.1) is 0 Å². The van der Waals surface area contributed by atoms with E-state index in [1.54, 1.807) is 24.3 Å². The second-order valence-corrected chi connectivity index (χ2v) is 7.56. The van der Waals surface area contributed by atoms with Gasteiger partial charge in [0.25, 0.3) is 5.56 Å². The number of hydrogen-bond acceptors (Lipinski definition) is 3. The highest BCUT2D eigenvalue weighted by molar-refractivity contribution is 5.81. The first-order chi connectivity index (χ1) is 12.0. The number of H-pyrrole nitrogens is 1. The van der Waals surface area contributed by atoms with E-state index in [0.29, 0.717) is 16.8 Å². The Labute approximate surface area is 145 Å². The van der Waals surface area contributed by atoms with E-state index in [-0.39, 0.29) is 18.5 Å². The van der Waals surface area contributed by atoms with E-state index in [4.69, 9.17) is 0 Å². The summed E-state index contributed by atoms with van der Waals surface area (Å²) in [5, 5.41) is 3.48. The van der Waals surface area contributed by atoms with Crippen LogP contribution >= 0.6 is 0 Å². The summed E-state index contributed by atoms with van der Waals surface area (Å²) in [6, 6.07) is 6.96. The van der Waals surface area contributed by atoms with Crippen molar-refractivity contribution in [2.45, 2.75) is 45.2 Å². The quantitative estimate of drug-likeness (QED) is 0.886. The van der Waals surface area contributed by atoms with E-state index in [0.717, 1.165) is 11.8 Å². The van der Waals surface area contributed by atoms with Crippen LogP contribution in [0.15, 0.2) is 33.9 Å². The number of amides is 1. The van der Waals surface area contributed by atoms with E-state index in [1.807, 2.05) is 0 Å². The Morgan fingerprint density at radius 1 is 1.28 bits per heavy atom. The van der Waals surface area contributed by atoms with Gasteiger partial charge in [-0.25, -0.2) is 4.79 Å². The molecule has 0 aliphatic heterocycles. The molecule has 1 heterocycles. The molecular weight excluding hydrogens is 318 g/mol. The fraction of sp³-hybridized carbons (Fsp3) is 0.526. The minimum absolute atomic E-state index is 0.0821. The van der Waals surface area contributed by atoms with Crippen molar-refractivity contribution in [3.63, 3.8) is 0 Å². The highest BCUT2D eigenvalue weighted by Gasteiger charge is 2.42. The number of aromatic amines is 1. The fourth-order valence-electron chi connectivity index (χ4n) is 4.86. The number of nitrogens with one attached hydrogen (secondary N) is 2. The number of rotatable bonds is 4. The monoisotopic (exact) mass is 341 g/mol. The first kappa shape index (κ1) is 16.1. The van der Waals surface area contributed by atoms with Gasteiger partial charge in [0.05, 0.1) is 10.9 Å². The summed E-state index contributed by atoms with van der Waals surface area (Å²) < 4.78 is 1.33. The zero-order valence-electron chi connectivity index (χ0n) is 14.3. The first-order valence-electron chi connectivity index (χ1n) is 9.04. The van der Waals surface area contributed by atoms with Gasteiger partial charge in [0.15, 0.2) is 0 Å². The fourth-order valence-corrected chi connectivity index (χ4v) is 4.86. The maximum Gasteiger partial charge on any atom is 0.329 e. The smallest absolute Gasteiger partial charge is 0.329 e. The molecule has 4 rings (SSSR count). The molecule has 0 radical (unpaired) electrons. The summed E-state index contributed by atoms with van der Waals surface area (Å²) in [4.78, 5) is 38.8. The molecule has 0 spiro atoms. The average molecular weight is 341 g/mol. The normalized spacial score (nSPS) is 26.0. The Balaban J connectivity index is 1.52. The molecule has 2 bridgehead atoms. The predicted octanol–water partition coefficient (Wildman–Crippen LogP) is 1.63. The molecule has 2 aliphatic rings. The zero-order chi connectivity index (χ0) is 17.6. The largest absolute Gasteiger partial charge is 0.352 e. The average Bonchev–Trinajstić information content (AvgIpc) is 3.22. The molecule has 6 heteroatoms. The van der Waals surface area contributed by atoms with Crippen molar-refractivity contribution in [1.29, 1.82) is 0 Å². The number of carbonyl (C=O) groups excluding carboxylic acids is 1. The molecule has 6 nitrogen and oxygen atoms in total. The molecular formula is C19H23N3O3. The van der Waals surface area contributed by atoms with Gasteiger partial charge in [0, 0.05) is 6.04 Å². The van der Waals surface area contributed by atoms with Gasteiger partial charge in [-0.05, 0) is 56.1 Å². The Kier molecular flexibility index (Phi) is 3.98. The summed E-state index contributed by atoms with van der Waals surface area (Å²) >= 11 is 0. The van der Waals surface area contributed by atoms with Gasteiger partial charge in [-0.2, -0.15) is 0 Å². The van der Waals surface area contributed by atoms with Gasteiger partial charge in [0.1, 0.15) is 6.54 Å². The molecule has 2 aliphatic carbocycles. The number of fused-ring (bicyclic) bond motifs is 3. The number of benzene rings is 1. The van der Waals surface area contributed by atoms with Crippen molar-refractivity contribution in [3.8, 4) is 0 Å². The lowest BCUT2D eigenvalue weighted by Crippen LogP contribution is -2.43. The highest BCUT2D eigenvalue weighted by Crippen LogP contribution is 2.49. The van der Waals surface area contributed by atoms with Gasteiger partial charge in [-0.3, -0.25) is 19.1 Å². The van der Waals surface area contributed by atoms with Crippen LogP contribution in [0.25, 0.3) is 10.9 Å². The Morgan fingerprint density at radius 3 is 2.80 bits per heavy atom. The number of nitrogens with zero attached hydrogens (tertiary/aromatic N) is 1. The Bertz CT molecular complexity index is 929.